The number of carbonyl (C=O) groups is 1. The number of hydrogen-bond acceptors (Lipinski definition) is 3. The monoisotopic (exact) mass is 197 g/mol. The van der Waals surface area contributed by atoms with E-state index in [-0.39, 0.29) is 0 Å². The minimum Gasteiger partial charge on any atom is -0.478 e. The van der Waals surface area contributed by atoms with Crippen LogP contribution in [0, 0.1) is 0 Å². The Balaban J connectivity index is 2.60. The van der Waals surface area contributed by atoms with E-state index in [1.807, 2.05) is 6.92 Å². The summed E-state index contributed by atoms with van der Waals surface area (Å²) in [5.74, 6) is -0.421. The topological polar surface area (TPSA) is 58.9 Å². The van der Waals surface area contributed by atoms with E-state index >= 15 is 0 Å². The SMILES string of the molecule is CCCCC(=CC1=NCCO1)C(=O)O. The summed E-state index contributed by atoms with van der Waals surface area (Å²) in [6, 6.07) is 0. The van der Waals surface area contributed by atoms with E-state index in [0.29, 0.717) is 31.0 Å². The van der Waals surface area contributed by atoms with E-state index in [9.17, 15) is 4.79 Å². The van der Waals surface area contributed by atoms with Crippen molar-refractivity contribution in [1.82, 2.24) is 0 Å². The molecule has 0 aliphatic carbocycles. The van der Waals surface area contributed by atoms with Gasteiger partial charge >= 0.3 is 5.97 Å². The maximum absolute atomic E-state index is 10.8. The van der Waals surface area contributed by atoms with Crippen molar-refractivity contribution in [2.24, 2.45) is 4.99 Å². The van der Waals surface area contributed by atoms with Crippen molar-refractivity contribution in [3.63, 3.8) is 0 Å². The summed E-state index contributed by atoms with van der Waals surface area (Å²) in [6.07, 6.45) is 3.97. The highest BCUT2D eigenvalue weighted by molar-refractivity contribution is 5.98. The molecule has 0 unspecified atom stereocenters. The number of hydrogen-bond donors (Lipinski definition) is 1. The molecule has 1 N–H and O–H groups in total. The molecule has 78 valence electrons. The van der Waals surface area contributed by atoms with E-state index in [1.165, 1.54) is 6.08 Å². The summed E-state index contributed by atoms with van der Waals surface area (Å²) in [5.41, 5.74) is 0.382. The quantitative estimate of drug-likeness (QED) is 0.681. The Kier molecular flexibility index (Phi) is 4.16. The minimum atomic E-state index is -0.878. The maximum atomic E-state index is 10.8. The summed E-state index contributed by atoms with van der Waals surface area (Å²) in [6.45, 7) is 3.22. The number of nitrogens with zero attached hydrogens (tertiary/aromatic N) is 1. The Bertz CT molecular complexity index is 269. The van der Waals surface area contributed by atoms with Gasteiger partial charge in [0, 0.05) is 11.6 Å². The Hall–Kier alpha value is -1.32. The molecule has 0 amide bonds. The Morgan fingerprint density at radius 2 is 2.50 bits per heavy atom. The molecular formula is C10H15NO3. The van der Waals surface area contributed by atoms with Crippen molar-refractivity contribution in [3.8, 4) is 0 Å². The van der Waals surface area contributed by atoms with Gasteiger partial charge in [-0.1, -0.05) is 13.3 Å². The second kappa shape index (κ2) is 5.42. The molecule has 0 bridgehead atoms. The fraction of sp³-hybridized carbons (Fsp3) is 0.600. The van der Waals surface area contributed by atoms with Crippen LogP contribution in [0.3, 0.4) is 0 Å². The molecule has 4 heteroatoms. The third-order valence-electron chi connectivity index (χ3n) is 1.98. The van der Waals surface area contributed by atoms with Crippen LogP contribution in [0.25, 0.3) is 0 Å². The van der Waals surface area contributed by atoms with Crippen molar-refractivity contribution in [2.45, 2.75) is 26.2 Å². The van der Waals surface area contributed by atoms with Gasteiger partial charge < -0.3 is 9.84 Å². The lowest BCUT2D eigenvalue weighted by Crippen LogP contribution is -2.04. The van der Waals surface area contributed by atoms with Gasteiger partial charge in [-0.15, -0.1) is 0 Å². The first-order chi connectivity index (χ1) is 6.74. The van der Waals surface area contributed by atoms with Gasteiger partial charge in [-0.2, -0.15) is 0 Å². The summed E-state index contributed by atoms with van der Waals surface area (Å²) in [4.78, 5) is 14.8. The van der Waals surface area contributed by atoms with E-state index in [4.69, 9.17) is 9.84 Å². The first-order valence-electron chi connectivity index (χ1n) is 4.85. The van der Waals surface area contributed by atoms with E-state index in [1.54, 1.807) is 0 Å². The normalized spacial score (nSPS) is 16.4. The zero-order valence-corrected chi connectivity index (χ0v) is 8.32. The average molecular weight is 197 g/mol. The summed E-state index contributed by atoms with van der Waals surface area (Å²) in [7, 11) is 0. The number of rotatable bonds is 5. The first kappa shape index (κ1) is 10.8. The Morgan fingerprint density at radius 3 is 3.00 bits per heavy atom. The minimum absolute atomic E-state index is 0.382. The molecule has 1 aliphatic heterocycles. The standard InChI is InChI=1S/C10H15NO3/c1-2-3-4-8(10(12)13)7-9-11-5-6-14-9/h7H,2-6H2,1H3,(H,12,13). The molecule has 1 aliphatic rings. The largest absolute Gasteiger partial charge is 0.478 e. The fourth-order valence-electron chi connectivity index (χ4n) is 1.20. The van der Waals surface area contributed by atoms with E-state index in [2.05, 4.69) is 4.99 Å². The van der Waals surface area contributed by atoms with E-state index < -0.39 is 5.97 Å². The van der Waals surface area contributed by atoms with Crippen LogP contribution >= 0.6 is 0 Å². The molecule has 4 nitrogen and oxygen atoms in total. The smallest absolute Gasteiger partial charge is 0.331 e. The summed E-state index contributed by atoms with van der Waals surface area (Å²) >= 11 is 0. The van der Waals surface area contributed by atoms with Crippen LogP contribution in [0.2, 0.25) is 0 Å². The van der Waals surface area contributed by atoms with Crippen LogP contribution in [0.5, 0.6) is 0 Å². The van der Waals surface area contributed by atoms with Crippen molar-refractivity contribution < 1.29 is 14.6 Å². The molecule has 0 aromatic heterocycles. The van der Waals surface area contributed by atoms with Crippen molar-refractivity contribution in [1.29, 1.82) is 0 Å². The summed E-state index contributed by atoms with van der Waals surface area (Å²) in [5, 5.41) is 8.88. The molecule has 0 saturated heterocycles. The highest BCUT2D eigenvalue weighted by Gasteiger charge is 2.11. The summed E-state index contributed by atoms with van der Waals surface area (Å²) < 4.78 is 5.12. The molecule has 0 saturated carbocycles. The number of carboxylic acid groups (broad SMARTS) is 1. The van der Waals surface area contributed by atoms with Crippen LogP contribution in [0.15, 0.2) is 16.6 Å². The van der Waals surface area contributed by atoms with Crippen LogP contribution in [-0.2, 0) is 9.53 Å². The lowest BCUT2D eigenvalue weighted by atomic mass is 10.1. The lowest BCUT2D eigenvalue weighted by molar-refractivity contribution is -0.132. The first-order valence-corrected chi connectivity index (χ1v) is 4.85. The zero-order valence-electron chi connectivity index (χ0n) is 8.32. The number of carboxylic acids is 1. The molecule has 0 aromatic carbocycles. The van der Waals surface area contributed by atoms with Gasteiger partial charge in [0.25, 0.3) is 0 Å². The molecule has 0 radical (unpaired) electrons. The van der Waals surface area contributed by atoms with Crippen LogP contribution < -0.4 is 0 Å². The predicted molar refractivity (Wildman–Crippen MR) is 53.5 cm³/mol. The number of aliphatic carboxylic acids is 1. The van der Waals surface area contributed by atoms with Gasteiger partial charge in [0.05, 0.1) is 6.54 Å². The third-order valence-corrected chi connectivity index (χ3v) is 1.98. The maximum Gasteiger partial charge on any atom is 0.331 e. The Morgan fingerprint density at radius 1 is 1.71 bits per heavy atom. The number of unbranched alkanes of at least 4 members (excludes halogenated alkanes) is 1. The fourth-order valence-corrected chi connectivity index (χ4v) is 1.20. The van der Waals surface area contributed by atoms with Gasteiger partial charge in [0.15, 0.2) is 0 Å². The highest BCUT2D eigenvalue weighted by atomic mass is 16.5. The zero-order chi connectivity index (χ0) is 10.4. The number of aliphatic imine (C=N–C) groups is 1. The molecule has 0 atom stereocenters. The second-order valence-electron chi connectivity index (χ2n) is 3.15. The van der Waals surface area contributed by atoms with Gasteiger partial charge in [-0.05, 0) is 12.8 Å². The molecule has 0 fully saturated rings. The van der Waals surface area contributed by atoms with Crippen LogP contribution in [0.4, 0.5) is 0 Å². The molecule has 0 spiro atoms. The second-order valence-corrected chi connectivity index (χ2v) is 3.15. The van der Waals surface area contributed by atoms with Gasteiger partial charge in [0.2, 0.25) is 5.90 Å². The van der Waals surface area contributed by atoms with Crippen molar-refractivity contribution in [2.75, 3.05) is 13.2 Å². The van der Waals surface area contributed by atoms with Crippen molar-refractivity contribution in [3.05, 3.63) is 11.6 Å². The van der Waals surface area contributed by atoms with Crippen LogP contribution in [-0.4, -0.2) is 30.1 Å². The van der Waals surface area contributed by atoms with Gasteiger partial charge in [-0.3, -0.25) is 0 Å². The van der Waals surface area contributed by atoms with Gasteiger partial charge in [0.1, 0.15) is 6.61 Å². The van der Waals surface area contributed by atoms with Crippen molar-refractivity contribution >= 4 is 11.9 Å². The van der Waals surface area contributed by atoms with Gasteiger partial charge in [-0.25, -0.2) is 9.79 Å². The molecule has 14 heavy (non-hydrogen) atoms. The molecule has 0 aromatic rings. The van der Waals surface area contributed by atoms with Crippen LogP contribution in [0.1, 0.15) is 26.2 Å². The highest BCUT2D eigenvalue weighted by Crippen LogP contribution is 2.09. The molecule has 1 rings (SSSR count). The molecular weight excluding hydrogens is 182 g/mol. The number of ether oxygens (including phenoxy) is 1. The molecule has 1 heterocycles. The Labute approximate surface area is 83.3 Å². The predicted octanol–water partition coefficient (Wildman–Crippen LogP) is 1.62. The lowest BCUT2D eigenvalue weighted by Gasteiger charge is -2.01. The third kappa shape index (κ3) is 3.20. The average Bonchev–Trinajstić information content (AvgIpc) is 2.64. The van der Waals surface area contributed by atoms with E-state index in [0.717, 1.165) is 12.8 Å².